The first-order chi connectivity index (χ1) is 9.77. The van der Waals surface area contributed by atoms with Crippen LogP contribution >= 0.6 is 22.6 Å². The highest BCUT2D eigenvalue weighted by Gasteiger charge is 2.54. The van der Waals surface area contributed by atoms with E-state index >= 15 is 0 Å². The summed E-state index contributed by atoms with van der Waals surface area (Å²) < 4.78 is 7.56. The van der Waals surface area contributed by atoms with E-state index in [4.69, 9.17) is 4.74 Å². The Labute approximate surface area is 134 Å². The summed E-state index contributed by atoms with van der Waals surface area (Å²) >= 11 is 2.36. The second-order valence-electron chi connectivity index (χ2n) is 6.29. The van der Waals surface area contributed by atoms with Gasteiger partial charge < -0.3 is 9.64 Å². The summed E-state index contributed by atoms with van der Waals surface area (Å²) in [5.41, 5.74) is 1.45. The quantitative estimate of drug-likeness (QED) is 0.693. The highest BCUT2D eigenvalue weighted by atomic mass is 127. The Morgan fingerprint density at radius 2 is 1.90 bits per heavy atom. The molecule has 0 radical (unpaired) electrons. The fourth-order valence-corrected chi connectivity index (χ4v) is 4.41. The number of halogens is 1. The third-order valence-electron chi connectivity index (χ3n) is 5.10. The van der Waals surface area contributed by atoms with Crippen molar-refractivity contribution in [3.05, 3.63) is 27.8 Å². The molecule has 1 aromatic rings. The number of hydrogen-bond donors (Lipinski definition) is 0. The number of fused-ring (bicyclic) bond motifs is 2. The first-order valence-electron chi connectivity index (χ1n) is 7.65. The van der Waals surface area contributed by atoms with Gasteiger partial charge >= 0.3 is 0 Å². The molecule has 3 aliphatic rings. The second-order valence-corrected chi connectivity index (χ2v) is 7.54. The molecular weight excluding hydrogens is 363 g/mol. The van der Waals surface area contributed by atoms with Crippen molar-refractivity contribution in [2.75, 3.05) is 37.7 Å². The SMILES string of the molecule is Ic1ccc(N2CC3(C2)OCCN2CCCCC23)cc1. The first-order valence-corrected chi connectivity index (χ1v) is 8.73. The van der Waals surface area contributed by atoms with E-state index in [9.17, 15) is 0 Å². The van der Waals surface area contributed by atoms with Crippen molar-refractivity contribution in [1.82, 2.24) is 4.90 Å². The molecule has 1 atom stereocenters. The Balaban J connectivity index is 1.49. The van der Waals surface area contributed by atoms with Crippen molar-refractivity contribution in [3.63, 3.8) is 0 Å². The molecule has 3 nitrogen and oxygen atoms in total. The predicted molar refractivity (Wildman–Crippen MR) is 89.3 cm³/mol. The van der Waals surface area contributed by atoms with Crippen LogP contribution in [0.4, 0.5) is 5.69 Å². The van der Waals surface area contributed by atoms with E-state index < -0.39 is 0 Å². The van der Waals surface area contributed by atoms with Crippen LogP contribution in [-0.4, -0.2) is 49.3 Å². The number of ether oxygens (including phenoxy) is 1. The van der Waals surface area contributed by atoms with Gasteiger partial charge in [-0.2, -0.15) is 0 Å². The number of hydrogen-bond acceptors (Lipinski definition) is 3. The van der Waals surface area contributed by atoms with Gasteiger partial charge in [0.15, 0.2) is 0 Å². The van der Waals surface area contributed by atoms with Gasteiger partial charge in [-0.3, -0.25) is 4.90 Å². The molecule has 0 N–H and O–H groups in total. The number of benzene rings is 1. The van der Waals surface area contributed by atoms with Gasteiger partial charge in [0.1, 0.15) is 5.60 Å². The fraction of sp³-hybridized carbons (Fsp3) is 0.625. The summed E-state index contributed by atoms with van der Waals surface area (Å²) in [7, 11) is 0. The number of morpholine rings is 1. The van der Waals surface area contributed by atoms with Crippen LogP contribution in [-0.2, 0) is 4.74 Å². The molecule has 3 aliphatic heterocycles. The molecule has 1 spiro atoms. The van der Waals surface area contributed by atoms with Gasteiger partial charge in [-0.1, -0.05) is 6.42 Å². The van der Waals surface area contributed by atoms with Crippen LogP contribution < -0.4 is 4.90 Å². The summed E-state index contributed by atoms with van der Waals surface area (Å²) in [5, 5.41) is 0. The highest BCUT2D eigenvalue weighted by Crippen LogP contribution is 2.40. The molecule has 4 rings (SSSR count). The lowest BCUT2D eigenvalue weighted by atomic mass is 9.79. The highest BCUT2D eigenvalue weighted by molar-refractivity contribution is 14.1. The van der Waals surface area contributed by atoms with E-state index in [1.54, 1.807) is 0 Å². The molecule has 3 heterocycles. The van der Waals surface area contributed by atoms with Gasteiger partial charge in [0.2, 0.25) is 0 Å². The van der Waals surface area contributed by atoms with Crippen LogP contribution in [0, 0.1) is 3.57 Å². The lowest BCUT2D eigenvalue weighted by molar-refractivity contribution is -0.169. The van der Waals surface area contributed by atoms with Gasteiger partial charge in [-0.25, -0.2) is 0 Å². The minimum atomic E-state index is 0.113. The Hall–Kier alpha value is -0.330. The van der Waals surface area contributed by atoms with Crippen LogP contribution in [0.1, 0.15) is 19.3 Å². The monoisotopic (exact) mass is 384 g/mol. The van der Waals surface area contributed by atoms with E-state index in [0.29, 0.717) is 6.04 Å². The Morgan fingerprint density at radius 1 is 1.10 bits per heavy atom. The van der Waals surface area contributed by atoms with Gasteiger partial charge in [-0.15, -0.1) is 0 Å². The fourth-order valence-electron chi connectivity index (χ4n) is 4.05. The minimum Gasteiger partial charge on any atom is -0.368 e. The summed E-state index contributed by atoms with van der Waals surface area (Å²) in [5.74, 6) is 0. The molecule has 1 unspecified atom stereocenters. The van der Waals surface area contributed by atoms with Crippen LogP contribution in [0.25, 0.3) is 0 Å². The molecule has 0 aliphatic carbocycles. The summed E-state index contributed by atoms with van der Waals surface area (Å²) in [4.78, 5) is 5.15. The molecule has 0 saturated carbocycles. The third-order valence-corrected chi connectivity index (χ3v) is 5.82. The lowest BCUT2D eigenvalue weighted by Gasteiger charge is -2.60. The van der Waals surface area contributed by atoms with E-state index in [1.165, 1.54) is 35.1 Å². The lowest BCUT2D eigenvalue weighted by Crippen LogP contribution is -2.75. The molecule has 108 valence electrons. The predicted octanol–water partition coefficient (Wildman–Crippen LogP) is 2.73. The average Bonchev–Trinajstić information content (AvgIpc) is 2.45. The van der Waals surface area contributed by atoms with Crippen molar-refractivity contribution in [1.29, 1.82) is 0 Å². The summed E-state index contributed by atoms with van der Waals surface area (Å²) in [6, 6.07) is 9.50. The zero-order chi connectivity index (χ0) is 13.6. The number of rotatable bonds is 1. The zero-order valence-corrected chi connectivity index (χ0v) is 13.9. The molecule has 3 fully saturated rings. The van der Waals surface area contributed by atoms with Crippen LogP contribution in [0.3, 0.4) is 0 Å². The molecule has 3 saturated heterocycles. The van der Waals surface area contributed by atoms with Crippen molar-refractivity contribution in [2.24, 2.45) is 0 Å². The maximum Gasteiger partial charge on any atom is 0.118 e. The van der Waals surface area contributed by atoms with Crippen LogP contribution in [0.15, 0.2) is 24.3 Å². The molecule has 0 aromatic heterocycles. The summed E-state index contributed by atoms with van der Waals surface area (Å²) in [6.07, 6.45) is 4.06. The maximum absolute atomic E-state index is 6.26. The molecule has 0 amide bonds. The Kier molecular flexibility index (Phi) is 3.43. The topological polar surface area (TPSA) is 15.7 Å². The van der Waals surface area contributed by atoms with Gasteiger partial charge in [0.05, 0.1) is 19.7 Å². The second kappa shape index (κ2) is 5.14. The van der Waals surface area contributed by atoms with Crippen LogP contribution in [0.2, 0.25) is 0 Å². The van der Waals surface area contributed by atoms with Crippen molar-refractivity contribution in [3.8, 4) is 0 Å². The molecule has 0 bridgehead atoms. The van der Waals surface area contributed by atoms with E-state index in [-0.39, 0.29) is 5.60 Å². The first kappa shape index (κ1) is 13.3. The molecule has 20 heavy (non-hydrogen) atoms. The van der Waals surface area contributed by atoms with Gasteiger partial charge in [0.25, 0.3) is 0 Å². The third kappa shape index (κ3) is 2.16. The molecule has 4 heteroatoms. The Morgan fingerprint density at radius 3 is 2.70 bits per heavy atom. The molecular formula is C16H21IN2O. The summed E-state index contributed by atoms with van der Waals surface area (Å²) in [6.45, 7) is 5.45. The minimum absolute atomic E-state index is 0.113. The number of anilines is 1. The normalized spacial score (nSPS) is 29.1. The van der Waals surface area contributed by atoms with E-state index in [1.807, 2.05) is 0 Å². The largest absolute Gasteiger partial charge is 0.368 e. The zero-order valence-electron chi connectivity index (χ0n) is 11.7. The number of piperidine rings is 1. The van der Waals surface area contributed by atoms with Gasteiger partial charge in [-0.05, 0) is 66.2 Å². The van der Waals surface area contributed by atoms with Crippen molar-refractivity contribution < 1.29 is 4.74 Å². The Bertz CT molecular complexity index is 482. The van der Waals surface area contributed by atoms with Crippen molar-refractivity contribution in [2.45, 2.75) is 30.9 Å². The van der Waals surface area contributed by atoms with Crippen molar-refractivity contribution >= 4 is 28.3 Å². The smallest absolute Gasteiger partial charge is 0.118 e. The van der Waals surface area contributed by atoms with E-state index in [0.717, 1.165) is 26.2 Å². The number of nitrogens with zero attached hydrogens (tertiary/aromatic N) is 2. The van der Waals surface area contributed by atoms with E-state index in [2.05, 4.69) is 56.7 Å². The van der Waals surface area contributed by atoms with Gasteiger partial charge in [0, 0.05) is 21.8 Å². The average molecular weight is 384 g/mol. The maximum atomic E-state index is 6.26. The molecule has 1 aromatic carbocycles. The standard InChI is InChI=1S/C16H21IN2O/c17-13-4-6-14(7-5-13)19-11-16(12-19)15-3-1-2-8-18(15)9-10-20-16/h4-7,15H,1-3,8-12H2. The van der Waals surface area contributed by atoms with Crippen LogP contribution in [0.5, 0.6) is 0 Å².